The zero-order chi connectivity index (χ0) is 13.1. The summed E-state index contributed by atoms with van der Waals surface area (Å²) in [7, 11) is 0. The summed E-state index contributed by atoms with van der Waals surface area (Å²) >= 11 is 6.08. The van der Waals surface area contributed by atoms with E-state index in [1.807, 2.05) is 0 Å². The van der Waals surface area contributed by atoms with Crippen LogP contribution in [0.2, 0.25) is 5.02 Å². The molecule has 1 aliphatic heterocycles. The number of hydrogen-bond donors (Lipinski definition) is 0. The molecule has 0 bridgehead atoms. The minimum absolute atomic E-state index is 0.262. The van der Waals surface area contributed by atoms with Crippen molar-refractivity contribution in [2.24, 2.45) is 11.8 Å². The molecule has 1 aliphatic rings. The lowest BCUT2D eigenvalue weighted by Crippen LogP contribution is -2.36. The molecule has 0 N–H and O–H groups in total. The number of piperidine rings is 1. The van der Waals surface area contributed by atoms with E-state index in [0.717, 1.165) is 37.0 Å². The normalized spacial score (nSPS) is 21.5. The van der Waals surface area contributed by atoms with Crippen molar-refractivity contribution in [3.8, 4) is 0 Å². The first-order valence-corrected chi connectivity index (χ1v) is 7.10. The van der Waals surface area contributed by atoms with Crippen molar-refractivity contribution in [1.82, 2.24) is 4.90 Å². The topological polar surface area (TPSA) is 3.24 Å². The van der Waals surface area contributed by atoms with Gasteiger partial charge in [-0.25, -0.2) is 4.39 Å². The molecular weight excluding hydrogens is 249 g/mol. The van der Waals surface area contributed by atoms with Crippen molar-refractivity contribution >= 4 is 11.6 Å². The molecule has 0 radical (unpaired) electrons. The van der Waals surface area contributed by atoms with Crippen LogP contribution in [0.25, 0.3) is 0 Å². The summed E-state index contributed by atoms with van der Waals surface area (Å²) in [5.41, 5.74) is 1.03. The molecule has 0 aromatic heterocycles. The van der Waals surface area contributed by atoms with E-state index in [0.29, 0.717) is 5.02 Å². The standard InChI is InChI=1S/C15H21ClFN/c1-11(2)12-4-3-7-18(9-12)10-13-5-6-14(17)8-15(13)16/h5-6,8,11-12H,3-4,7,9-10H2,1-2H3. The Hall–Kier alpha value is -0.600. The largest absolute Gasteiger partial charge is 0.299 e. The van der Waals surface area contributed by atoms with Crippen LogP contribution < -0.4 is 0 Å². The third kappa shape index (κ3) is 3.46. The SMILES string of the molecule is CC(C)C1CCCN(Cc2ccc(F)cc2Cl)C1. The molecule has 18 heavy (non-hydrogen) atoms. The Morgan fingerprint density at radius 3 is 2.89 bits per heavy atom. The number of benzene rings is 1. The van der Waals surface area contributed by atoms with E-state index in [1.165, 1.54) is 25.0 Å². The third-order valence-electron chi connectivity index (χ3n) is 3.89. The van der Waals surface area contributed by atoms with Gasteiger partial charge in [-0.15, -0.1) is 0 Å². The van der Waals surface area contributed by atoms with Gasteiger partial charge in [-0.3, -0.25) is 4.90 Å². The first kappa shape index (κ1) is 13.8. The van der Waals surface area contributed by atoms with Gasteiger partial charge >= 0.3 is 0 Å². The second kappa shape index (κ2) is 6.03. The van der Waals surface area contributed by atoms with Crippen LogP contribution in [0.5, 0.6) is 0 Å². The Balaban J connectivity index is 2.00. The number of likely N-dealkylation sites (tertiary alicyclic amines) is 1. The molecule has 1 aromatic carbocycles. The van der Waals surface area contributed by atoms with Crippen LogP contribution in [0.1, 0.15) is 32.3 Å². The molecule has 1 nitrogen and oxygen atoms in total. The van der Waals surface area contributed by atoms with Crippen LogP contribution >= 0.6 is 11.6 Å². The number of rotatable bonds is 3. The predicted molar refractivity (Wildman–Crippen MR) is 74.2 cm³/mol. The maximum Gasteiger partial charge on any atom is 0.124 e. The summed E-state index contributed by atoms with van der Waals surface area (Å²) in [6.45, 7) is 7.67. The maximum atomic E-state index is 13.0. The lowest BCUT2D eigenvalue weighted by molar-refractivity contribution is 0.139. The van der Waals surface area contributed by atoms with Gasteiger partial charge in [0.1, 0.15) is 5.82 Å². The average Bonchev–Trinajstić information content (AvgIpc) is 2.33. The maximum absolute atomic E-state index is 13.0. The Bertz CT molecular complexity index is 405. The number of nitrogens with zero attached hydrogens (tertiary/aromatic N) is 1. The molecule has 0 amide bonds. The molecule has 3 heteroatoms. The quantitative estimate of drug-likeness (QED) is 0.789. The van der Waals surface area contributed by atoms with Crippen molar-refractivity contribution in [2.75, 3.05) is 13.1 Å². The Kier molecular flexibility index (Phi) is 4.63. The van der Waals surface area contributed by atoms with E-state index in [-0.39, 0.29) is 5.82 Å². The molecular formula is C15H21ClFN. The average molecular weight is 270 g/mol. The van der Waals surface area contributed by atoms with E-state index in [4.69, 9.17) is 11.6 Å². The lowest BCUT2D eigenvalue weighted by atomic mass is 9.88. The molecule has 1 atom stereocenters. The van der Waals surface area contributed by atoms with E-state index in [2.05, 4.69) is 18.7 Å². The fraction of sp³-hybridized carbons (Fsp3) is 0.600. The highest BCUT2D eigenvalue weighted by atomic mass is 35.5. The van der Waals surface area contributed by atoms with E-state index in [1.54, 1.807) is 6.07 Å². The van der Waals surface area contributed by atoms with Gasteiger partial charge in [0.05, 0.1) is 0 Å². The van der Waals surface area contributed by atoms with Crippen molar-refractivity contribution in [2.45, 2.75) is 33.2 Å². The molecule has 1 unspecified atom stereocenters. The summed E-state index contributed by atoms with van der Waals surface area (Å²) in [4.78, 5) is 2.44. The van der Waals surface area contributed by atoms with Gasteiger partial charge in [0.25, 0.3) is 0 Å². The van der Waals surface area contributed by atoms with Gasteiger partial charge in [0.2, 0.25) is 0 Å². The van der Waals surface area contributed by atoms with E-state index < -0.39 is 0 Å². The smallest absolute Gasteiger partial charge is 0.124 e. The van der Waals surface area contributed by atoms with Crippen LogP contribution in [0.4, 0.5) is 4.39 Å². The van der Waals surface area contributed by atoms with Gasteiger partial charge in [-0.05, 0) is 48.9 Å². The zero-order valence-electron chi connectivity index (χ0n) is 11.1. The molecule has 0 spiro atoms. The predicted octanol–water partition coefficient (Wildman–Crippen LogP) is 4.35. The fourth-order valence-corrected chi connectivity index (χ4v) is 2.90. The van der Waals surface area contributed by atoms with Crippen molar-refractivity contribution in [3.05, 3.63) is 34.6 Å². The molecule has 1 heterocycles. The summed E-state index contributed by atoms with van der Waals surface area (Å²) in [5.74, 6) is 1.25. The minimum atomic E-state index is -0.262. The Labute approximate surface area is 114 Å². The van der Waals surface area contributed by atoms with Crippen molar-refractivity contribution in [1.29, 1.82) is 0 Å². The number of halogens is 2. The molecule has 1 aromatic rings. The van der Waals surface area contributed by atoms with Gasteiger partial charge in [0, 0.05) is 18.1 Å². The lowest BCUT2D eigenvalue weighted by Gasteiger charge is -2.34. The van der Waals surface area contributed by atoms with Crippen LogP contribution in [-0.2, 0) is 6.54 Å². The highest BCUT2D eigenvalue weighted by Crippen LogP contribution is 2.26. The molecule has 1 fully saturated rings. The van der Waals surface area contributed by atoms with Gasteiger partial charge in [-0.1, -0.05) is 31.5 Å². The third-order valence-corrected chi connectivity index (χ3v) is 4.25. The molecule has 1 saturated heterocycles. The summed E-state index contributed by atoms with van der Waals surface area (Å²) in [5, 5.41) is 0.543. The van der Waals surface area contributed by atoms with Crippen LogP contribution in [0.15, 0.2) is 18.2 Å². The minimum Gasteiger partial charge on any atom is -0.299 e. The van der Waals surface area contributed by atoms with Crippen LogP contribution in [0.3, 0.4) is 0 Å². The van der Waals surface area contributed by atoms with E-state index in [9.17, 15) is 4.39 Å². The van der Waals surface area contributed by atoms with Crippen molar-refractivity contribution in [3.63, 3.8) is 0 Å². The van der Waals surface area contributed by atoms with Gasteiger partial charge in [0.15, 0.2) is 0 Å². The molecule has 100 valence electrons. The highest BCUT2D eigenvalue weighted by Gasteiger charge is 2.22. The first-order valence-electron chi connectivity index (χ1n) is 6.72. The van der Waals surface area contributed by atoms with Crippen molar-refractivity contribution < 1.29 is 4.39 Å². The zero-order valence-corrected chi connectivity index (χ0v) is 11.9. The Morgan fingerprint density at radius 2 is 2.22 bits per heavy atom. The van der Waals surface area contributed by atoms with E-state index >= 15 is 0 Å². The summed E-state index contributed by atoms with van der Waals surface area (Å²) < 4.78 is 13.0. The molecule has 0 saturated carbocycles. The molecule has 0 aliphatic carbocycles. The highest BCUT2D eigenvalue weighted by molar-refractivity contribution is 6.31. The number of hydrogen-bond acceptors (Lipinski definition) is 1. The second-order valence-corrected chi connectivity index (χ2v) is 6.02. The second-order valence-electron chi connectivity index (χ2n) is 5.62. The van der Waals surface area contributed by atoms with Crippen LogP contribution in [0, 0.1) is 17.7 Å². The monoisotopic (exact) mass is 269 g/mol. The van der Waals surface area contributed by atoms with Gasteiger partial charge in [-0.2, -0.15) is 0 Å². The van der Waals surface area contributed by atoms with Gasteiger partial charge < -0.3 is 0 Å². The van der Waals surface area contributed by atoms with Crippen LogP contribution in [-0.4, -0.2) is 18.0 Å². The fourth-order valence-electron chi connectivity index (χ4n) is 2.67. The Morgan fingerprint density at radius 1 is 1.44 bits per heavy atom. The first-order chi connectivity index (χ1) is 8.56. The molecule has 2 rings (SSSR count). The summed E-state index contributed by atoms with van der Waals surface area (Å²) in [6.07, 6.45) is 2.58. The summed E-state index contributed by atoms with van der Waals surface area (Å²) in [6, 6.07) is 4.70.